The Labute approximate surface area is 77.5 Å². The molecule has 13 heavy (non-hydrogen) atoms. The Morgan fingerprint density at radius 2 is 2.23 bits per heavy atom. The lowest BCUT2D eigenvalue weighted by atomic mass is 9.95. The van der Waals surface area contributed by atoms with Crippen LogP contribution in [0.15, 0.2) is 0 Å². The SMILES string of the molecule is CC(O)CN1CCC(F)(F)C(C)C1. The summed E-state index contributed by atoms with van der Waals surface area (Å²) in [5.74, 6) is -3.12. The summed E-state index contributed by atoms with van der Waals surface area (Å²) in [6, 6.07) is 0. The molecule has 0 bridgehead atoms. The Morgan fingerprint density at radius 3 is 2.69 bits per heavy atom. The van der Waals surface area contributed by atoms with Crippen LogP contribution in [0.5, 0.6) is 0 Å². The van der Waals surface area contributed by atoms with Gasteiger partial charge in [-0.1, -0.05) is 6.92 Å². The number of rotatable bonds is 2. The summed E-state index contributed by atoms with van der Waals surface area (Å²) in [7, 11) is 0. The van der Waals surface area contributed by atoms with Crippen molar-refractivity contribution in [3.05, 3.63) is 0 Å². The van der Waals surface area contributed by atoms with Gasteiger partial charge in [0.1, 0.15) is 0 Å². The maximum absolute atomic E-state index is 13.0. The van der Waals surface area contributed by atoms with Gasteiger partial charge in [0, 0.05) is 32.0 Å². The predicted molar refractivity (Wildman–Crippen MR) is 46.8 cm³/mol. The standard InChI is InChI=1S/C9H17F2NO/c1-7-5-12(6-8(2)13)4-3-9(7,10)11/h7-8,13H,3-6H2,1-2H3. The summed E-state index contributed by atoms with van der Waals surface area (Å²) in [5, 5.41) is 9.09. The van der Waals surface area contributed by atoms with Crippen molar-refractivity contribution in [1.82, 2.24) is 4.90 Å². The third-order valence-electron chi connectivity index (χ3n) is 2.54. The Hall–Kier alpha value is -0.220. The second-order valence-corrected chi connectivity index (χ2v) is 4.02. The van der Waals surface area contributed by atoms with Gasteiger partial charge in [-0.3, -0.25) is 0 Å². The fourth-order valence-electron chi connectivity index (χ4n) is 1.71. The van der Waals surface area contributed by atoms with Crippen molar-refractivity contribution >= 4 is 0 Å². The van der Waals surface area contributed by atoms with Crippen LogP contribution in [-0.4, -0.2) is 41.7 Å². The molecule has 1 rings (SSSR count). The number of β-amino-alcohol motifs (C(OH)–C–C–N with tert-alkyl or cyclic N) is 1. The largest absolute Gasteiger partial charge is 0.392 e. The highest BCUT2D eigenvalue weighted by Gasteiger charge is 2.40. The zero-order chi connectivity index (χ0) is 10.1. The van der Waals surface area contributed by atoms with Crippen LogP contribution >= 0.6 is 0 Å². The number of halogens is 2. The van der Waals surface area contributed by atoms with Gasteiger partial charge in [-0.25, -0.2) is 8.78 Å². The highest BCUT2D eigenvalue weighted by atomic mass is 19.3. The van der Waals surface area contributed by atoms with Crippen LogP contribution in [-0.2, 0) is 0 Å². The number of piperidine rings is 1. The molecule has 1 saturated heterocycles. The van der Waals surface area contributed by atoms with E-state index < -0.39 is 17.9 Å². The molecule has 4 heteroatoms. The van der Waals surface area contributed by atoms with Crippen molar-refractivity contribution < 1.29 is 13.9 Å². The van der Waals surface area contributed by atoms with E-state index >= 15 is 0 Å². The van der Waals surface area contributed by atoms with E-state index in [2.05, 4.69) is 0 Å². The summed E-state index contributed by atoms with van der Waals surface area (Å²) in [5.41, 5.74) is 0. The highest BCUT2D eigenvalue weighted by Crippen LogP contribution is 2.32. The van der Waals surface area contributed by atoms with Gasteiger partial charge < -0.3 is 10.0 Å². The Bertz CT molecular complexity index is 173. The number of aliphatic hydroxyl groups is 1. The lowest BCUT2D eigenvalue weighted by Crippen LogP contribution is -2.47. The Balaban J connectivity index is 2.42. The van der Waals surface area contributed by atoms with Crippen LogP contribution in [0, 0.1) is 5.92 Å². The quantitative estimate of drug-likeness (QED) is 0.715. The van der Waals surface area contributed by atoms with E-state index in [1.807, 2.05) is 4.90 Å². The first-order chi connectivity index (χ1) is 5.92. The second-order valence-electron chi connectivity index (χ2n) is 4.02. The van der Waals surface area contributed by atoms with Crippen LogP contribution in [0.1, 0.15) is 20.3 Å². The third kappa shape index (κ3) is 2.88. The van der Waals surface area contributed by atoms with Crippen molar-refractivity contribution in [3.8, 4) is 0 Å². The van der Waals surface area contributed by atoms with E-state index in [4.69, 9.17) is 5.11 Å². The number of likely N-dealkylation sites (tertiary alicyclic amines) is 1. The maximum atomic E-state index is 13.0. The number of alkyl halides is 2. The first-order valence-electron chi connectivity index (χ1n) is 4.70. The smallest absolute Gasteiger partial charge is 0.253 e. The molecule has 0 saturated carbocycles. The molecule has 1 N–H and O–H groups in total. The molecule has 0 amide bonds. The van der Waals surface area contributed by atoms with Crippen molar-refractivity contribution in [1.29, 1.82) is 0 Å². The van der Waals surface area contributed by atoms with Gasteiger partial charge >= 0.3 is 0 Å². The molecular weight excluding hydrogens is 176 g/mol. The van der Waals surface area contributed by atoms with Gasteiger partial charge in [-0.05, 0) is 6.92 Å². The molecule has 2 unspecified atom stereocenters. The predicted octanol–water partition coefficient (Wildman–Crippen LogP) is 1.34. The zero-order valence-electron chi connectivity index (χ0n) is 8.13. The van der Waals surface area contributed by atoms with Gasteiger partial charge in [-0.2, -0.15) is 0 Å². The molecule has 1 aliphatic rings. The summed E-state index contributed by atoms with van der Waals surface area (Å²) in [4.78, 5) is 1.90. The average molecular weight is 193 g/mol. The molecule has 0 aromatic heterocycles. The molecular formula is C9H17F2NO. The highest BCUT2D eigenvalue weighted by molar-refractivity contribution is 4.83. The minimum Gasteiger partial charge on any atom is -0.392 e. The molecule has 1 heterocycles. The summed E-state index contributed by atoms with van der Waals surface area (Å²) >= 11 is 0. The van der Waals surface area contributed by atoms with Crippen LogP contribution < -0.4 is 0 Å². The molecule has 0 aromatic rings. The van der Waals surface area contributed by atoms with Crippen molar-refractivity contribution in [3.63, 3.8) is 0 Å². The molecule has 1 aliphatic heterocycles. The third-order valence-corrected chi connectivity index (χ3v) is 2.54. The average Bonchev–Trinajstić information content (AvgIpc) is 1.97. The molecule has 0 spiro atoms. The topological polar surface area (TPSA) is 23.5 Å². The van der Waals surface area contributed by atoms with Gasteiger partial charge in [0.15, 0.2) is 0 Å². The zero-order valence-corrected chi connectivity index (χ0v) is 8.13. The maximum Gasteiger partial charge on any atom is 0.253 e. The minimum atomic E-state index is -2.52. The van der Waals surface area contributed by atoms with Crippen molar-refractivity contribution in [2.45, 2.75) is 32.3 Å². The van der Waals surface area contributed by atoms with E-state index in [0.29, 0.717) is 19.6 Å². The molecule has 78 valence electrons. The Kier molecular flexibility index (Phi) is 3.24. The lowest BCUT2D eigenvalue weighted by molar-refractivity contribution is -0.103. The second kappa shape index (κ2) is 3.88. The van der Waals surface area contributed by atoms with E-state index in [9.17, 15) is 8.78 Å². The monoisotopic (exact) mass is 193 g/mol. The molecule has 0 aliphatic carbocycles. The van der Waals surface area contributed by atoms with E-state index in [1.165, 1.54) is 0 Å². The van der Waals surface area contributed by atoms with Gasteiger partial charge in [0.05, 0.1) is 6.10 Å². The van der Waals surface area contributed by atoms with Crippen molar-refractivity contribution in [2.75, 3.05) is 19.6 Å². The van der Waals surface area contributed by atoms with E-state index in [0.717, 1.165) is 0 Å². The lowest BCUT2D eigenvalue weighted by Gasteiger charge is -2.37. The van der Waals surface area contributed by atoms with Crippen LogP contribution in [0.2, 0.25) is 0 Å². The van der Waals surface area contributed by atoms with Crippen molar-refractivity contribution in [2.24, 2.45) is 5.92 Å². The van der Waals surface area contributed by atoms with Crippen LogP contribution in [0.3, 0.4) is 0 Å². The number of hydrogen-bond donors (Lipinski definition) is 1. The van der Waals surface area contributed by atoms with E-state index in [1.54, 1.807) is 13.8 Å². The van der Waals surface area contributed by atoms with Crippen LogP contribution in [0.4, 0.5) is 8.78 Å². The number of aliphatic hydroxyl groups excluding tert-OH is 1. The van der Waals surface area contributed by atoms with Gasteiger partial charge in [0.25, 0.3) is 5.92 Å². The van der Waals surface area contributed by atoms with Gasteiger partial charge in [-0.15, -0.1) is 0 Å². The summed E-state index contributed by atoms with van der Waals surface area (Å²) in [6.07, 6.45) is -0.514. The number of hydrogen-bond acceptors (Lipinski definition) is 2. The molecule has 2 atom stereocenters. The first-order valence-corrected chi connectivity index (χ1v) is 4.70. The summed E-state index contributed by atoms with van der Waals surface area (Å²) in [6.45, 7) is 4.52. The Morgan fingerprint density at radius 1 is 1.62 bits per heavy atom. The molecule has 0 aromatic carbocycles. The van der Waals surface area contributed by atoms with Gasteiger partial charge in [0.2, 0.25) is 0 Å². The molecule has 0 radical (unpaired) electrons. The normalized spacial score (nSPS) is 31.6. The van der Waals surface area contributed by atoms with Crippen LogP contribution in [0.25, 0.3) is 0 Å². The molecule has 2 nitrogen and oxygen atoms in total. The fraction of sp³-hybridized carbons (Fsp3) is 1.00. The minimum absolute atomic E-state index is 0.0825. The molecule has 1 fully saturated rings. The fourth-order valence-corrected chi connectivity index (χ4v) is 1.71. The first kappa shape index (κ1) is 10.9. The summed E-state index contributed by atoms with van der Waals surface area (Å²) < 4.78 is 26.0. The van der Waals surface area contributed by atoms with E-state index in [-0.39, 0.29) is 6.42 Å². The number of nitrogens with zero attached hydrogens (tertiary/aromatic N) is 1.